The van der Waals surface area contributed by atoms with E-state index in [1.54, 1.807) is 0 Å². The minimum atomic E-state index is -2.86. The fraction of sp³-hybridized carbons (Fsp3) is 0.920. The van der Waals surface area contributed by atoms with Crippen molar-refractivity contribution in [3.05, 3.63) is 0 Å². The number of carboxylic acid groups (broad SMARTS) is 1. The zero-order chi connectivity index (χ0) is 32.4. The number of carbonyl (C=O) groups is 2. The van der Waals surface area contributed by atoms with Gasteiger partial charge in [0.15, 0.2) is 6.29 Å². The summed E-state index contributed by atoms with van der Waals surface area (Å²) in [6, 6.07) is 0. The molecule has 0 saturated carbocycles. The number of hydrogen-bond donors (Lipinski definition) is 11. The monoisotopic (exact) mass is 630 g/mol. The largest absolute Gasteiger partial charge is 0.477 e. The first kappa shape index (κ1) is 36.0. The second-order valence-electron chi connectivity index (χ2n) is 11.2. The summed E-state index contributed by atoms with van der Waals surface area (Å²) in [6.07, 6.45) is -25.2. The van der Waals surface area contributed by atoms with Crippen molar-refractivity contribution in [2.75, 3.05) is 19.8 Å². The molecule has 3 fully saturated rings. The number of hydrogen-bond acceptors (Lipinski definition) is 17. The van der Waals surface area contributed by atoms with E-state index >= 15 is 0 Å². The molecule has 11 N–H and O–H groups in total. The lowest BCUT2D eigenvalue weighted by molar-refractivity contribution is -0.383. The lowest BCUT2D eigenvalue weighted by atomic mass is 9.84. The van der Waals surface area contributed by atoms with E-state index in [9.17, 15) is 65.8 Å². The maximum absolute atomic E-state index is 12.5. The summed E-state index contributed by atoms with van der Waals surface area (Å²) in [4.78, 5) is 24.0. The van der Waals surface area contributed by atoms with Crippen LogP contribution >= 0.6 is 0 Å². The number of ketones is 1. The molecular weight excluding hydrogens is 588 g/mol. The molecule has 250 valence electrons. The smallest absolute Gasteiger partial charge is 0.364 e. The van der Waals surface area contributed by atoms with E-state index in [4.69, 9.17) is 23.7 Å². The fourth-order valence-electron chi connectivity index (χ4n) is 5.49. The Kier molecular flexibility index (Phi) is 12.4. The number of Topliss-reactive ketones (excluding diaryl/α,β-unsaturated/α-hetero) is 1. The van der Waals surface area contributed by atoms with Gasteiger partial charge in [0.25, 0.3) is 5.79 Å². The Hall–Kier alpha value is -1.46. The molecule has 18 heteroatoms. The van der Waals surface area contributed by atoms with E-state index in [0.29, 0.717) is 0 Å². The molecule has 0 aromatic carbocycles. The van der Waals surface area contributed by atoms with Crippen molar-refractivity contribution in [3.63, 3.8) is 0 Å². The highest BCUT2D eigenvalue weighted by Crippen LogP contribution is 2.40. The number of aliphatic carboxylic acids is 1. The van der Waals surface area contributed by atoms with E-state index < -0.39 is 130 Å². The Labute approximate surface area is 245 Å². The van der Waals surface area contributed by atoms with Gasteiger partial charge in [-0.2, -0.15) is 0 Å². The van der Waals surface area contributed by atoms with Crippen molar-refractivity contribution in [1.82, 2.24) is 0 Å². The van der Waals surface area contributed by atoms with E-state index in [2.05, 4.69) is 0 Å². The maximum atomic E-state index is 12.5. The number of aliphatic hydroxyl groups excluding tert-OH is 10. The Morgan fingerprint density at radius 2 is 1.51 bits per heavy atom. The molecule has 0 aromatic rings. The van der Waals surface area contributed by atoms with Gasteiger partial charge in [0, 0.05) is 18.8 Å². The van der Waals surface area contributed by atoms with Gasteiger partial charge in [0.1, 0.15) is 66.8 Å². The van der Waals surface area contributed by atoms with Crippen molar-refractivity contribution < 1.29 is 89.4 Å². The van der Waals surface area contributed by atoms with Crippen LogP contribution in [0, 0.1) is 5.92 Å². The number of carbonyl (C=O) groups excluding carboxylic acids is 1. The normalized spacial score (nSPS) is 45.3. The third-order valence-corrected chi connectivity index (χ3v) is 8.06. The fourth-order valence-corrected chi connectivity index (χ4v) is 5.49. The van der Waals surface area contributed by atoms with E-state index in [0.717, 1.165) is 0 Å². The summed E-state index contributed by atoms with van der Waals surface area (Å²) < 4.78 is 27.7. The summed E-state index contributed by atoms with van der Waals surface area (Å²) in [5.74, 6) is -6.09. The Balaban J connectivity index is 1.89. The van der Waals surface area contributed by atoms with Crippen LogP contribution in [-0.4, -0.2) is 179 Å². The predicted octanol–water partition coefficient (Wildman–Crippen LogP) is -6.06. The quantitative estimate of drug-likeness (QED) is 0.0956. The van der Waals surface area contributed by atoms with Gasteiger partial charge in [0.2, 0.25) is 0 Å². The van der Waals surface area contributed by atoms with Gasteiger partial charge >= 0.3 is 5.97 Å². The van der Waals surface area contributed by atoms with Crippen LogP contribution in [0.25, 0.3) is 0 Å². The molecule has 0 amide bonds. The summed E-state index contributed by atoms with van der Waals surface area (Å²) in [6.45, 7) is -0.0391. The van der Waals surface area contributed by atoms with Crippen LogP contribution in [0.4, 0.5) is 0 Å². The molecule has 3 saturated heterocycles. The molecule has 5 unspecified atom stereocenters. The van der Waals surface area contributed by atoms with Crippen molar-refractivity contribution in [2.45, 2.75) is 118 Å². The second-order valence-corrected chi connectivity index (χ2v) is 11.2. The highest BCUT2D eigenvalue weighted by Gasteiger charge is 2.59. The second kappa shape index (κ2) is 14.8. The van der Waals surface area contributed by atoms with Gasteiger partial charge in [-0.3, -0.25) is 4.79 Å². The maximum Gasteiger partial charge on any atom is 0.364 e. The third-order valence-electron chi connectivity index (χ3n) is 8.06. The lowest BCUT2D eigenvalue weighted by Crippen LogP contribution is -2.68. The molecule has 0 aromatic heterocycles. The lowest BCUT2D eigenvalue weighted by Gasteiger charge is -2.50. The standard InChI is InChI=1S/C25H42O18/c1-8(29)3-12-16(33)18(35)21(14(7-28)39-12)41-23-19(36)22(17(34)13(6-27)40-23)43-25(24(37)38)4-10(30)9(2)20(42-25)15(32)11(31)5-26/h9-23,26-28,30-36H,3-7H2,1-2H3,(H,37,38)/t9-,10-,11-,12+,13?,14?,15-,16?,17+,18-,19?,20?,21-,22+,23+,25+/m1/s1. The van der Waals surface area contributed by atoms with Crippen LogP contribution in [0.2, 0.25) is 0 Å². The third kappa shape index (κ3) is 7.51. The number of aliphatic hydroxyl groups is 10. The molecule has 16 atom stereocenters. The summed E-state index contributed by atoms with van der Waals surface area (Å²) in [5, 5.41) is 113. The molecule has 0 spiro atoms. The first-order valence-corrected chi connectivity index (χ1v) is 13.8. The average molecular weight is 631 g/mol. The number of ether oxygens (including phenoxy) is 5. The highest BCUT2D eigenvalue weighted by molar-refractivity contribution is 5.76. The van der Waals surface area contributed by atoms with E-state index in [-0.39, 0.29) is 12.2 Å². The number of carboxylic acids is 1. The van der Waals surface area contributed by atoms with Crippen LogP contribution in [0.15, 0.2) is 0 Å². The Bertz CT molecular complexity index is 936. The van der Waals surface area contributed by atoms with E-state index in [1.807, 2.05) is 0 Å². The Morgan fingerprint density at radius 1 is 0.884 bits per heavy atom. The van der Waals surface area contributed by atoms with Crippen molar-refractivity contribution in [1.29, 1.82) is 0 Å². The molecule has 0 aliphatic carbocycles. The van der Waals surface area contributed by atoms with Gasteiger partial charge in [0.05, 0.1) is 38.1 Å². The molecule has 3 aliphatic rings. The Morgan fingerprint density at radius 3 is 2.05 bits per heavy atom. The molecule has 43 heavy (non-hydrogen) atoms. The van der Waals surface area contributed by atoms with Crippen LogP contribution in [0.3, 0.4) is 0 Å². The van der Waals surface area contributed by atoms with Crippen LogP contribution < -0.4 is 0 Å². The van der Waals surface area contributed by atoms with Crippen LogP contribution in [0.5, 0.6) is 0 Å². The zero-order valence-electron chi connectivity index (χ0n) is 23.5. The molecule has 18 nitrogen and oxygen atoms in total. The molecular formula is C25H42O18. The van der Waals surface area contributed by atoms with Gasteiger partial charge < -0.3 is 79.9 Å². The summed E-state index contributed by atoms with van der Waals surface area (Å²) in [7, 11) is 0. The summed E-state index contributed by atoms with van der Waals surface area (Å²) in [5.41, 5.74) is 0. The van der Waals surface area contributed by atoms with Gasteiger partial charge in [-0.25, -0.2) is 4.79 Å². The zero-order valence-corrected chi connectivity index (χ0v) is 23.5. The van der Waals surface area contributed by atoms with Crippen molar-refractivity contribution in [3.8, 4) is 0 Å². The topological polar surface area (TPSA) is 303 Å². The highest BCUT2D eigenvalue weighted by atomic mass is 16.8. The minimum Gasteiger partial charge on any atom is -0.477 e. The van der Waals surface area contributed by atoms with Crippen molar-refractivity contribution >= 4 is 11.8 Å². The minimum absolute atomic E-state index is 0.300. The first-order valence-electron chi connectivity index (χ1n) is 13.8. The molecule has 3 aliphatic heterocycles. The first-order chi connectivity index (χ1) is 20.1. The van der Waals surface area contributed by atoms with Gasteiger partial charge in [-0.05, 0) is 6.92 Å². The number of rotatable bonds is 12. The predicted molar refractivity (Wildman–Crippen MR) is 135 cm³/mol. The molecule has 0 radical (unpaired) electrons. The molecule has 3 heterocycles. The van der Waals surface area contributed by atoms with Gasteiger partial charge in [-0.15, -0.1) is 0 Å². The average Bonchev–Trinajstić information content (AvgIpc) is 2.96. The SMILES string of the molecule is CC(=O)C[C@@H]1OC(CO)[C@@H](O[C@@H]2OC(CO)[C@H](O)[C@H](O[C@]3(C(=O)O)C[C@@H](O)[C@@H](C)C([C@H](O)[C@H](O)CO)O3)C2O)[C@H](O)C1O. The van der Waals surface area contributed by atoms with Crippen molar-refractivity contribution in [2.24, 2.45) is 5.92 Å². The van der Waals surface area contributed by atoms with Crippen LogP contribution in [-0.2, 0) is 33.3 Å². The molecule has 0 bridgehead atoms. The van der Waals surface area contributed by atoms with Gasteiger partial charge in [-0.1, -0.05) is 6.92 Å². The van der Waals surface area contributed by atoms with E-state index in [1.165, 1.54) is 13.8 Å². The van der Waals surface area contributed by atoms with Crippen LogP contribution in [0.1, 0.15) is 26.7 Å². The molecule has 3 rings (SSSR count). The summed E-state index contributed by atoms with van der Waals surface area (Å²) >= 11 is 0.